The highest BCUT2D eigenvalue weighted by Crippen LogP contribution is 2.25. The van der Waals surface area contributed by atoms with E-state index in [1.54, 1.807) is 18.2 Å². The highest BCUT2D eigenvalue weighted by Gasteiger charge is 2.25. The number of nitrogens with zero attached hydrogens (tertiary/aromatic N) is 2. The summed E-state index contributed by atoms with van der Waals surface area (Å²) in [5.41, 5.74) is 0. The fourth-order valence-corrected chi connectivity index (χ4v) is 3.82. The van der Waals surface area contributed by atoms with Crippen LogP contribution in [0.3, 0.4) is 0 Å². The van der Waals surface area contributed by atoms with Crippen molar-refractivity contribution in [3.05, 3.63) is 42.5 Å². The van der Waals surface area contributed by atoms with Crippen LogP contribution in [0.5, 0.6) is 0 Å². The topological polar surface area (TPSA) is 61.2 Å². The average Bonchev–Trinajstić information content (AvgIpc) is 2.46. The normalized spacial score (nSPS) is 11.7. The van der Waals surface area contributed by atoms with Gasteiger partial charge in [0.25, 0.3) is 0 Å². The average molecular weight is 288 g/mol. The molecule has 0 aliphatic rings. The van der Waals surface area contributed by atoms with Crippen molar-refractivity contribution < 1.29 is 8.42 Å². The molecule has 104 valence electrons. The van der Waals surface area contributed by atoms with Crippen LogP contribution in [0.25, 0.3) is 10.8 Å². The third kappa shape index (κ3) is 2.67. The van der Waals surface area contributed by atoms with Crippen LogP contribution in [0.15, 0.2) is 47.4 Å². The molecule has 0 heterocycles. The largest absolute Gasteiger partial charge is 0.244 e. The van der Waals surface area contributed by atoms with Crippen molar-refractivity contribution >= 4 is 20.8 Å². The molecule has 0 unspecified atom stereocenters. The zero-order valence-electron chi connectivity index (χ0n) is 11.3. The molecule has 0 atom stereocenters. The summed E-state index contributed by atoms with van der Waals surface area (Å²) in [6.07, 6.45) is 0.672. The standard InChI is InChI=1S/C15H16N2O2S/c1-2-11-17(12-10-16)20(18,19)15-9-5-7-13-6-3-4-8-14(13)15/h3-9H,2,11-12H2,1H3. The zero-order valence-corrected chi connectivity index (χ0v) is 12.1. The Morgan fingerprint density at radius 1 is 1.15 bits per heavy atom. The maximum absolute atomic E-state index is 12.7. The molecule has 0 amide bonds. The van der Waals surface area contributed by atoms with Gasteiger partial charge in [0.2, 0.25) is 10.0 Å². The molecule has 2 rings (SSSR count). The minimum atomic E-state index is -3.64. The van der Waals surface area contributed by atoms with E-state index >= 15 is 0 Å². The SMILES string of the molecule is CCCN(CC#N)S(=O)(=O)c1cccc2ccccc12. The van der Waals surface area contributed by atoms with Gasteiger partial charge in [0.05, 0.1) is 11.0 Å². The Balaban J connectivity index is 2.59. The lowest BCUT2D eigenvalue weighted by molar-refractivity contribution is 0.445. The first-order valence-electron chi connectivity index (χ1n) is 6.46. The molecule has 0 saturated carbocycles. The predicted octanol–water partition coefficient (Wildman–Crippen LogP) is 2.76. The van der Waals surface area contributed by atoms with Gasteiger partial charge < -0.3 is 0 Å². The number of hydrogen-bond acceptors (Lipinski definition) is 3. The Morgan fingerprint density at radius 3 is 2.55 bits per heavy atom. The second kappa shape index (κ2) is 6.04. The van der Waals surface area contributed by atoms with Crippen molar-refractivity contribution in [1.82, 2.24) is 4.31 Å². The molecule has 0 aliphatic carbocycles. The lowest BCUT2D eigenvalue weighted by Gasteiger charge is -2.19. The number of sulfonamides is 1. The summed E-state index contributed by atoms with van der Waals surface area (Å²) in [7, 11) is -3.64. The Labute approximate surface area is 119 Å². The molecule has 0 bridgehead atoms. The first-order chi connectivity index (χ1) is 9.61. The molecule has 2 aromatic carbocycles. The highest BCUT2D eigenvalue weighted by atomic mass is 32.2. The molecule has 20 heavy (non-hydrogen) atoms. The van der Waals surface area contributed by atoms with E-state index in [4.69, 9.17) is 5.26 Å². The van der Waals surface area contributed by atoms with E-state index in [2.05, 4.69) is 0 Å². The third-order valence-corrected chi connectivity index (χ3v) is 4.99. The number of hydrogen-bond donors (Lipinski definition) is 0. The van der Waals surface area contributed by atoms with Crippen molar-refractivity contribution in [2.45, 2.75) is 18.2 Å². The third-order valence-electron chi connectivity index (χ3n) is 3.09. The molecular weight excluding hydrogens is 272 g/mol. The summed E-state index contributed by atoms with van der Waals surface area (Å²) >= 11 is 0. The van der Waals surface area contributed by atoms with Crippen LogP contribution in [0.4, 0.5) is 0 Å². The number of rotatable bonds is 5. The smallest absolute Gasteiger partial charge is 0.207 e. The maximum atomic E-state index is 12.7. The van der Waals surface area contributed by atoms with Crippen LogP contribution in [-0.2, 0) is 10.0 Å². The molecule has 0 spiro atoms. The zero-order chi connectivity index (χ0) is 14.6. The summed E-state index contributed by atoms with van der Waals surface area (Å²) in [6.45, 7) is 2.11. The second-order valence-corrected chi connectivity index (χ2v) is 6.38. The summed E-state index contributed by atoms with van der Waals surface area (Å²) in [5, 5.41) is 10.4. The van der Waals surface area contributed by atoms with Crippen molar-refractivity contribution in [2.75, 3.05) is 13.1 Å². The first kappa shape index (κ1) is 14.5. The second-order valence-electron chi connectivity index (χ2n) is 4.47. The Morgan fingerprint density at radius 2 is 1.85 bits per heavy atom. The number of nitriles is 1. The van der Waals surface area contributed by atoms with Gasteiger partial charge in [-0.05, 0) is 17.9 Å². The predicted molar refractivity (Wildman–Crippen MR) is 78.6 cm³/mol. The molecule has 2 aromatic rings. The van der Waals surface area contributed by atoms with Crippen LogP contribution in [0.2, 0.25) is 0 Å². The molecule has 0 N–H and O–H groups in total. The van der Waals surface area contributed by atoms with E-state index in [1.807, 2.05) is 37.3 Å². The van der Waals surface area contributed by atoms with Gasteiger partial charge in [-0.1, -0.05) is 43.3 Å². The fourth-order valence-electron chi connectivity index (χ4n) is 2.17. The number of benzene rings is 2. The van der Waals surface area contributed by atoms with Gasteiger partial charge in [-0.25, -0.2) is 8.42 Å². The molecule has 0 fully saturated rings. The molecule has 4 nitrogen and oxygen atoms in total. The van der Waals surface area contributed by atoms with Crippen molar-refractivity contribution in [3.8, 4) is 6.07 Å². The Hall–Kier alpha value is -1.90. The highest BCUT2D eigenvalue weighted by molar-refractivity contribution is 7.89. The van der Waals surface area contributed by atoms with Gasteiger partial charge in [-0.2, -0.15) is 9.57 Å². The lowest BCUT2D eigenvalue weighted by Crippen LogP contribution is -2.32. The van der Waals surface area contributed by atoms with Crippen LogP contribution in [0.1, 0.15) is 13.3 Å². The Kier molecular flexibility index (Phi) is 4.38. The molecular formula is C15H16N2O2S. The van der Waals surface area contributed by atoms with E-state index < -0.39 is 10.0 Å². The van der Waals surface area contributed by atoms with Gasteiger partial charge >= 0.3 is 0 Å². The van der Waals surface area contributed by atoms with Crippen LogP contribution in [0, 0.1) is 11.3 Å². The first-order valence-corrected chi connectivity index (χ1v) is 7.90. The summed E-state index contributed by atoms with van der Waals surface area (Å²) in [6, 6.07) is 14.5. The van der Waals surface area contributed by atoms with E-state index in [9.17, 15) is 8.42 Å². The molecule has 0 radical (unpaired) electrons. The quantitative estimate of drug-likeness (QED) is 0.795. The molecule has 0 saturated heterocycles. The summed E-state index contributed by atoms with van der Waals surface area (Å²) in [4.78, 5) is 0.263. The van der Waals surface area contributed by atoms with Crippen molar-refractivity contribution in [1.29, 1.82) is 5.26 Å². The minimum Gasteiger partial charge on any atom is -0.207 e. The summed E-state index contributed by atoms with van der Waals surface area (Å²) in [5.74, 6) is 0. The monoisotopic (exact) mass is 288 g/mol. The molecule has 5 heteroatoms. The van der Waals surface area contributed by atoms with Crippen molar-refractivity contribution in [2.24, 2.45) is 0 Å². The van der Waals surface area contributed by atoms with Crippen LogP contribution >= 0.6 is 0 Å². The minimum absolute atomic E-state index is 0.126. The van der Waals surface area contributed by atoms with Gasteiger partial charge in [0.1, 0.15) is 6.54 Å². The van der Waals surface area contributed by atoms with Gasteiger partial charge in [-0.3, -0.25) is 0 Å². The maximum Gasteiger partial charge on any atom is 0.244 e. The van der Waals surface area contributed by atoms with Crippen molar-refractivity contribution in [3.63, 3.8) is 0 Å². The Bertz CT molecular complexity index is 743. The van der Waals surface area contributed by atoms with E-state index in [0.717, 1.165) is 5.39 Å². The number of fused-ring (bicyclic) bond motifs is 1. The summed E-state index contributed by atoms with van der Waals surface area (Å²) < 4.78 is 26.6. The lowest BCUT2D eigenvalue weighted by atomic mass is 10.1. The molecule has 0 aromatic heterocycles. The van der Waals surface area contributed by atoms with Gasteiger partial charge in [0, 0.05) is 11.9 Å². The van der Waals surface area contributed by atoms with Crippen LogP contribution < -0.4 is 0 Å². The van der Waals surface area contributed by atoms with Gasteiger partial charge in [-0.15, -0.1) is 0 Å². The van der Waals surface area contributed by atoms with E-state index in [-0.39, 0.29) is 11.4 Å². The molecule has 0 aliphatic heterocycles. The van der Waals surface area contributed by atoms with Gasteiger partial charge in [0.15, 0.2) is 0 Å². The fraction of sp³-hybridized carbons (Fsp3) is 0.267. The van der Waals surface area contributed by atoms with E-state index in [1.165, 1.54) is 4.31 Å². The van der Waals surface area contributed by atoms with E-state index in [0.29, 0.717) is 18.4 Å². The van der Waals surface area contributed by atoms with Crippen LogP contribution in [-0.4, -0.2) is 25.8 Å².